The molecule has 0 radical (unpaired) electrons. The lowest BCUT2D eigenvalue weighted by Crippen LogP contribution is -2.48. The lowest BCUT2D eigenvalue weighted by atomic mass is 9.75. The minimum atomic E-state index is 0.150. The largest absolute Gasteiger partial charge is 0.382 e. The number of hydrogen-bond acceptors (Lipinski definition) is 3. The molecule has 18 heavy (non-hydrogen) atoms. The summed E-state index contributed by atoms with van der Waals surface area (Å²) >= 11 is 0. The van der Waals surface area contributed by atoms with Crippen molar-refractivity contribution in [3.63, 3.8) is 0 Å². The molecule has 3 rings (SSSR count). The fourth-order valence-electron chi connectivity index (χ4n) is 3.70. The molecule has 3 heterocycles. The molecule has 0 amide bonds. The van der Waals surface area contributed by atoms with Crippen molar-refractivity contribution < 1.29 is 0 Å². The van der Waals surface area contributed by atoms with Crippen molar-refractivity contribution in [3.8, 4) is 0 Å². The molecule has 3 nitrogen and oxygen atoms in total. The van der Waals surface area contributed by atoms with E-state index in [2.05, 4.69) is 48.7 Å². The molecule has 0 aromatic carbocycles. The Kier molecular flexibility index (Phi) is 2.81. The van der Waals surface area contributed by atoms with Gasteiger partial charge in [-0.3, -0.25) is 4.99 Å². The van der Waals surface area contributed by atoms with E-state index in [4.69, 9.17) is 0 Å². The molecule has 0 aliphatic carbocycles. The Hall–Kier alpha value is -1.09. The highest BCUT2D eigenvalue weighted by Crippen LogP contribution is 2.39. The van der Waals surface area contributed by atoms with Crippen LogP contribution in [0.4, 0.5) is 0 Å². The summed E-state index contributed by atoms with van der Waals surface area (Å²) in [6.45, 7) is 8.91. The number of allylic oxidation sites excluding steroid dienone is 2. The van der Waals surface area contributed by atoms with Crippen molar-refractivity contribution in [2.24, 2.45) is 16.8 Å². The predicted molar refractivity (Wildman–Crippen MR) is 75.6 cm³/mol. The first kappa shape index (κ1) is 12.0. The van der Waals surface area contributed by atoms with Gasteiger partial charge in [-0.25, -0.2) is 0 Å². The van der Waals surface area contributed by atoms with Crippen LogP contribution in [0.2, 0.25) is 0 Å². The van der Waals surface area contributed by atoms with Gasteiger partial charge >= 0.3 is 0 Å². The first-order valence-electron chi connectivity index (χ1n) is 7.01. The molecule has 3 atom stereocenters. The Bertz CT molecular complexity index is 427. The van der Waals surface area contributed by atoms with Crippen molar-refractivity contribution in [2.45, 2.75) is 39.2 Å². The summed E-state index contributed by atoms with van der Waals surface area (Å²) in [5, 5.41) is 7.28. The molecule has 2 N–H and O–H groups in total. The van der Waals surface area contributed by atoms with Crippen LogP contribution in [0.15, 0.2) is 28.0 Å². The van der Waals surface area contributed by atoms with Gasteiger partial charge in [0.25, 0.3) is 0 Å². The molecule has 0 aromatic heterocycles. The summed E-state index contributed by atoms with van der Waals surface area (Å²) in [7, 11) is 0. The van der Waals surface area contributed by atoms with Crippen molar-refractivity contribution in [3.05, 3.63) is 23.0 Å². The minimum Gasteiger partial charge on any atom is -0.382 e. The van der Waals surface area contributed by atoms with Gasteiger partial charge < -0.3 is 10.6 Å². The fraction of sp³-hybridized carbons (Fsp3) is 0.667. The van der Waals surface area contributed by atoms with Gasteiger partial charge in [0.05, 0.1) is 0 Å². The lowest BCUT2D eigenvalue weighted by Gasteiger charge is -2.37. The minimum absolute atomic E-state index is 0.150. The molecule has 0 fully saturated rings. The van der Waals surface area contributed by atoms with Crippen molar-refractivity contribution in [2.75, 3.05) is 13.1 Å². The quantitative estimate of drug-likeness (QED) is 0.743. The van der Waals surface area contributed by atoms with Crippen LogP contribution >= 0.6 is 0 Å². The van der Waals surface area contributed by atoms with E-state index >= 15 is 0 Å². The number of rotatable bonds is 1. The zero-order valence-corrected chi connectivity index (χ0v) is 11.6. The molecule has 0 saturated heterocycles. The third-order valence-corrected chi connectivity index (χ3v) is 4.58. The maximum Gasteiger partial charge on any atom is 0.0463 e. The molecule has 0 aromatic rings. The average Bonchev–Trinajstić information content (AvgIpc) is 2.65. The average molecular weight is 245 g/mol. The van der Waals surface area contributed by atoms with Gasteiger partial charge in [-0.05, 0) is 38.2 Å². The Morgan fingerprint density at radius 3 is 3.00 bits per heavy atom. The predicted octanol–water partition coefficient (Wildman–Crippen LogP) is 2.23. The molecule has 98 valence electrons. The van der Waals surface area contributed by atoms with Gasteiger partial charge in [-0.2, -0.15) is 0 Å². The highest BCUT2D eigenvalue weighted by Gasteiger charge is 2.42. The first-order chi connectivity index (χ1) is 8.58. The van der Waals surface area contributed by atoms with Crippen LogP contribution in [0.1, 0.15) is 33.6 Å². The highest BCUT2D eigenvalue weighted by molar-refractivity contribution is 5.67. The second-order valence-electron chi connectivity index (χ2n) is 6.20. The molecular formula is C15H23N3. The van der Waals surface area contributed by atoms with Crippen LogP contribution in [0.25, 0.3) is 0 Å². The Morgan fingerprint density at radius 1 is 1.44 bits per heavy atom. The molecule has 0 saturated carbocycles. The number of hydrogen-bond donors (Lipinski definition) is 2. The van der Waals surface area contributed by atoms with E-state index in [0.29, 0.717) is 11.8 Å². The van der Waals surface area contributed by atoms with Gasteiger partial charge in [0, 0.05) is 42.2 Å². The lowest BCUT2D eigenvalue weighted by molar-refractivity contribution is 0.287. The molecule has 3 heteroatoms. The first-order valence-corrected chi connectivity index (χ1v) is 7.01. The van der Waals surface area contributed by atoms with Gasteiger partial charge in [-0.1, -0.05) is 13.0 Å². The van der Waals surface area contributed by atoms with Crippen LogP contribution < -0.4 is 10.6 Å². The molecule has 3 aliphatic heterocycles. The molecule has 0 spiro atoms. The van der Waals surface area contributed by atoms with Gasteiger partial charge in [-0.15, -0.1) is 0 Å². The van der Waals surface area contributed by atoms with Crippen LogP contribution in [-0.2, 0) is 0 Å². The smallest absolute Gasteiger partial charge is 0.0463 e. The van der Waals surface area contributed by atoms with E-state index < -0.39 is 0 Å². The van der Waals surface area contributed by atoms with Crippen molar-refractivity contribution in [1.29, 1.82) is 0 Å². The van der Waals surface area contributed by atoms with Crippen molar-refractivity contribution in [1.82, 2.24) is 10.6 Å². The summed E-state index contributed by atoms with van der Waals surface area (Å²) in [4.78, 5) is 4.53. The summed E-state index contributed by atoms with van der Waals surface area (Å²) in [5.74, 6) is 1.06. The van der Waals surface area contributed by atoms with E-state index in [1.165, 1.54) is 5.70 Å². The molecule has 0 bridgehead atoms. The van der Waals surface area contributed by atoms with Gasteiger partial charge in [0.2, 0.25) is 0 Å². The second kappa shape index (κ2) is 4.23. The van der Waals surface area contributed by atoms with E-state index in [1.807, 2.05) is 0 Å². The van der Waals surface area contributed by atoms with Crippen molar-refractivity contribution >= 4 is 6.21 Å². The summed E-state index contributed by atoms with van der Waals surface area (Å²) in [5.41, 5.74) is 4.37. The zero-order valence-electron chi connectivity index (χ0n) is 11.6. The maximum absolute atomic E-state index is 4.53. The highest BCUT2D eigenvalue weighted by atomic mass is 15.1. The number of aliphatic imine (C=N–C) groups is 1. The number of nitrogens with one attached hydrogen (secondary N) is 2. The maximum atomic E-state index is 4.53. The van der Waals surface area contributed by atoms with E-state index in [1.54, 1.807) is 5.57 Å². The monoisotopic (exact) mass is 245 g/mol. The van der Waals surface area contributed by atoms with E-state index in [9.17, 15) is 0 Å². The van der Waals surface area contributed by atoms with Gasteiger partial charge in [0.1, 0.15) is 0 Å². The topological polar surface area (TPSA) is 36.4 Å². The molecule has 3 unspecified atom stereocenters. The Balaban J connectivity index is 1.80. The van der Waals surface area contributed by atoms with Crippen LogP contribution in [-0.4, -0.2) is 24.8 Å². The number of nitrogens with zero attached hydrogens (tertiary/aromatic N) is 1. The second-order valence-corrected chi connectivity index (χ2v) is 6.20. The van der Waals surface area contributed by atoms with Gasteiger partial charge in [0.15, 0.2) is 0 Å². The Morgan fingerprint density at radius 2 is 2.28 bits per heavy atom. The summed E-state index contributed by atoms with van der Waals surface area (Å²) in [6, 6.07) is 0. The molecular weight excluding hydrogens is 222 g/mol. The third-order valence-electron chi connectivity index (χ3n) is 4.58. The SMILES string of the molecule is CC1=CC(C)C(C2(C)CC3=C(CCNC3)N2)C=N1. The van der Waals surface area contributed by atoms with E-state index in [0.717, 1.165) is 31.6 Å². The van der Waals surface area contributed by atoms with E-state index in [-0.39, 0.29) is 5.54 Å². The third kappa shape index (κ3) is 1.91. The summed E-state index contributed by atoms with van der Waals surface area (Å²) < 4.78 is 0. The Labute approximate surface area is 109 Å². The van der Waals surface area contributed by atoms with Crippen LogP contribution in [0.3, 0.4) is 0 Å². The normalized spacial score (nSPS) is 39.4. The van der Waals surface area contributed by atoms with Crippen LogP contribution in [0.5, 0.6) is 0 Å². The standard InChI is InChI=1S/C15H23N3/c1-10-6-11(2)17-9-13(10)15(3)7-12-8-16-5-4-14(12)18-15/h6,9-10,13,16,18H,4-5,7-8H2,1-3H3. The zero-order chi connectivity index (χ0) is 12.8. The molecule has 3 aliphatic rings. The van der Waals surface area contributed by atoms with Crippen LogP contribution in [0, 0.1) is 11.8 Å². The fourth-order valence-corrected chi connectivity index (χ4v) is 3.70. The summed E-state index contributed by atoms with van der Waals surface area (Å²) in [6.07, 6.45) is 6.77.